The van der Waals surface area contributed by atoms with Gasteiger partial charge in [0.2, 0.25) is 0 Å². The van der Waals surface area contributed by atoms with Crippen molar-refractivity contribution in [1.82, 2.24) is 14.9 Å². The Hall–Kier alpha value is -5.87. The second-order valence-electron chi connectivity index (χ2n) is 11.0. The van der Waals surface area contributed by atoms with Crippen LogP contribution < -0.4 is 0 Å². The molecule has 4 nitrogen and oxygen atoms in total. The number of aromatic nitrogens is 2. The van der Waals surface area contributed by atoms with Crippen molar-refractivity contribution in [2.45, 2.75) is 6.92 Å². The van der Waals surface area contributed by atoms with Crippen LogP contribution in [0.15, 0.2) is 163 Å². The summed E-state index contributed by atoms with van der Waals surface area (Å²) in [4.78, 5) is 16.8. The van der Waals surface area contributed by atoms with Crippen LogP contribution in [0.3, 0.4) is 0 Å². The number of benzene rings is 5. The Balaban J connectivity index is 1.15. The molecule has 7 aromatic rings. The predicted octanol–water partition coefficient (Wildman–Crippen LogP) is 10.1. The minimum Gasteiger partial charge on any atom is -0.302 e. The van der Waals surface area contributed by atoms with Gasteiger partial charge >= 0.3 is 0 Å². The summed E-state index contributed by atoms with van der Waals surface area (Å²) in [6.45, 7) is 2.05. The first-order valence-electron chi connectivity index (χ1n) is 14.8. The molecule has 0 atom stereocenters. The Bertz CT molecular complexity index is 2330. The van der Waals surface area contributed by atoms with E-state index >= 15 is 0 Å². The predicted molar refractivity (Wildman–Crippen MR) is 184 cm³/mol. The molecule has 0 bridgehead atoms. The maximum absolute atomic E-state index is 5.11. The molecule has 0 spiro atoms. The standard InChI is InChI=1S/C40H28N4/c1-2-36-12-6-7-20-44(36)40(28-9-4-3-5-10-28)42-35-16-13-27(14-17-35)37-18-15-30-22-32-23-33-25-38-29(11-8-19-41-38)21-31(33)24-34(32)26-39(30)43-37/h2-26H,1H3/b36-2-,42-40?. The number of allylic oxidation sites excluding steroid dienone is 4. The molecule has 0 unspecified atom stereocenters. The number of fused-ring (bicyclic) bond motifs is 4. The number of aliphatic imine (C=N–C) groups is 1. The van der Waals surface area contributed by atoms with E-state index in [0.717, 1.165) is 55.8 Å². The summed E-state index contributed by atoms with van der Waals surface area (Å²) in [6.07, 6.45) is 12.2. The highest BCUT2D eigenvalue weighted by molar-refractivity contribution is 6.07. The molecule has 5 aromatic carbocycles. The van der Waals surface area contributed by atoms with Crippen molar-refractivity contribution in [3.05, 3.63) is 163 Å². The first-order chi connectivity index (χ1) is 21.7. The zero-order valence-electron chi connectivity index (χ0n) is 24.2. The fraction of sp³-hybridized carbons (Fsp3) is 0.0250. The van der Waals surface area contributed by atoms with Crippen LogP contribution in [0.5, 0.6) is 0 Å². The van der Waals surface area contributed by atoms with Gasteiger partial charge in [-0.3, -0.25) is 4.98 Å². The molecular formula is C40H28N4. The van der Waals surface area contributed by atoms with Crippen LogP contribution in [-0.4, -0.2) is 20.7 Å². The molecule has 4 heteroatoms. The molecule has 1 aliphatic heterocycles. The van der Waals surface area contributed by atoms with E-state index < -0.39 is 0 Å². The van der Waals surface area contributed by atoms with Crippen LogP contribution in [0.2, 0.25) is 0 Å². The van der Waals surface area contributed by atoms with Gasteiger partial charge < -0.3 is 4.90 Å². The number of amidine groups is 1. The summed E-state index contributed by atoms with van der Waals surface area (Å²) in [5, 5.41) is 7.05. The molecule has 3 heterocycles. The molecule has 0 saturated heterocycles. The maximum atomic E-state index is 5.11. The lowest BCUT2D eigenvalue weighted by Gasteiger charge is -2.25. The summed E-state index contributed by atoms with van der Waals surface area (Å²) in [6, 6.07) is 40.3. The molecular weight excluding hydrogens is 536 g/mol. The van der Waals surface area contributed by atoms with Crippen LogP contribution in [0.1, 0.15) is 12.5 Å². The van der Waals surface area contributed by atoms with E-state index in [9.17, 15) is 0 Å². The van der Waals surface area contributed by atoms with Crippen LogP contribution >= 0.6 is 0 Å². The minimum atomic E-state index is 0.875. The highest BCUT2D eigenvalue weighted by Crippen LogP contribution is 2.31. The van der Waals surface area contributed by atoms with E-state index in [1.165, 1.54) is 21.5 Å². The van der Waals surface area contributed by atoms with Crippen LogP contribution in [-0.2, 0) is 0 Å². The average molecular weight is 565 g/mol. The third kappa shape index (κ3) is 4.73. The molecule has 1 aliphatic rings. The van der Waals surface area contributed by atoms with Crippen LogP contribution in [0.25, 0.3) is 54.6 Å². The van der Waals surface area contributed by atoms with Gasteiger partial charge in [0, 0.05) is 40.0 Å². The van der Waals surface area contributed by atoms with Crippen molar-refractivity contribution in [3.8, 4) is 11.3 Å². The normalized spacial score (nSPS) is 14.4. The Labute approximate surface area is 255 Å². The topological polar surface area (TPSA) is 41.4 Å². The Morgan fingerprint density at radius 1 is 0.659 bits per heavy atom. The van der Waals surface area contributed by atoms with E-state index in [1.807, 2.05) is 49.5 Å². The van der Waals surface area contributed by atoms with Gasteiger partial charge in [-0.05, 0) is 101 Å². The summed E-state index contributed by atoms with van der Waals surface area (Å²) in [5.41, 5.74) is 7.01. The summed E-state index contributed by atoms with van der Waals surface area (Å²) in [7, 11) is 0. The number of hydrogen-bond acceptors (Lipinski definition) is 3. The van der Waals surface area contributed by atoms with Gasteiger partial charge in [0.15, 0.2) is 0 Å². The van der Waals surface area contributed by atoms with Crippen molar-refractivity contribution >= 4 is 54.9 Å². The smallest absolute Gasteiger partial charge is 0.145 e. The van der Waals surface area contributed by atoms with Crippen LogP contribution in [0.4, 0.5) is 5.69 Å². The summed E-state index contributed by atoms with van der Waals surface area (Å²) >= 11 is 0. The van der Waals surface area contributed by atoms with Gasteiger partial charge in [-0.2, -0.15) is 0 Å². The first kappa shape index (κ1) is 25.8. The van der Waals surface area contributed by atoms with E-state index in [1.54, 1.807) is 0 Å². The van der Waals surface area contributed by atoms with Crippen LogP contribution in [0, 0.1) is 0 Å². The molecule has 208 valence electrons. The van der Waals surface area contributed by atoms with Gasteiger partial charge in [0.1, 0.15) is 5.84 Å². The largest absolute Gasteiger partial charge is 0.302 e. The Morgan fingerprint density at radius 2 is 1.36 bits per heavy atom. The van der Waals surface area contributed by atoms with Crippen molar-refractivity contribution in [2.24, 2.45) is 4.99 Å². The van der Waals surface area contributed by atoms with Crippen molar-refractivity contribution in [2.75, 3.05) is 0 Å². The summed E-state index contributed by atoms with van der Waals surface area (Å²) < 4.78 is 0. The lowest BCUT2D eigenvalue weighted by atomic mass is 9.99. The highest BCUT2D eigenvalue weighted by atomic mass is 15.2. The monoisotopic (exact) mass is 564 g/mol. The van der Waals surface area contributed by atoms with Crippen molar-refractivity contribution < 1.29 is 0 Å². The molecule has 0 N–H and O–H groups in total. The maximum Gasteiger partial charge on any atom is 0.145 e. The SMILES string of the molecule is C/C=C1/C=CC=CN1C(=Nc1ccc(-c2ccc3cc4cc5cc6ncccc6cc5cc4cc3n2)cc1)c1ccccc1. The van der Waals surface area contributed by atoms with Gasteiger partial charge in [-0.15, -0.1) is 0 Å². The van der Waals surface area contributed by atoms with E-state index in [2.05, 4.69) is 119 Å². The Morgan fingerprint density at radius 3 is 2.14 bits per heavy atom. The minimum absolute atomic E-state index is 0.875. The first-order valence-corrected chi connectivity index (χ1v) is 14.8. The molecule has 0 amide bonds. The molecule has 0 radical (unpaired) electrons. The lowest BCUT2D eigenvalue weighted by Crippen LogP contribution is -2.26. The molecule has 0 fully saturated rings. The van der Waals surface area contributed by atoms with E-state index in [0.29, 0.717) is 0 Å². The second-order valence-corrected chi connectivity index (χ2v) is 11.0. The number of rotatable bonds is 3. The number of pyridine rings is 2. The average Bonchev–Trinajstić information content (AvgIpc) is 3.08. The van der Waals surface area contributed by atoms with Gasteiger partial charge in [0.25, 0.3) is 0 Å². The zero-order chi connectivity index (χ0) is 29.5. The van der Waals surface area contributed by atoms with Crippen molar-refractivity contribution in [3.63, 3.8) is 0 Å². The second kappa shape index (κ2) is 10.8. The van der Waals surface area contributed by atoms with Gasteiger partial charge in [0.05, 0.1) is 22.4 Å². The molecule has 0 saturated carbocycles. The number of hydrogen-bond donors (Lipinski definition) is 0. The van der Waals surface area contributed by atoms with Crippen molar-refractivity contribution in [1.29, 1.82) is 0 Å². The lowest BCUT2D eigenvalue weighted by molar-refractivity contribution is 0.705. The van der Waals surface area contributed by atoms with Gasteiger partial charge in [-0.25, -0.2) is 9.98 Å². The fourth-order valence-corrected chi connectivity index (χ4v) is 5.91. The molecule has 0 aliphatic carbocycles. The highest BCUT2D eigenvalue weighted by Gasteiger charge is 2.16. The third-order valence-electron chi connectivity index (χ3n) is 8.17. The van der Waals surface area contributed by atoms with E-state index in [-0.39, 0.29) is 0 Å². The quantitative estimate of drug-likeness (QED) is 0.122. The zero-order valence-corrected chi connectivity index (χ0v) is 24.2. The fourth-order valence-electron chi connectivity index (χ4n) is 5.91. The molecule has 44 heavy (non-hydrogen) atoms. The molecule has 8 rings (SSSR count). The van der Waals surface area contributed by atoms with Gasteiger partial charge in [-0.1, -0.05) is 66.7 Å². The van der Waals surface area contributed by atoms with E-state index in [4.69, 9.17) is 9.98 Å². The third-order valence-corrected chi connectivity index (χ3v) is 8.17. The Kier molecular flexibility index (Phi) is 6.31. The summed E-state index contributed by atoms with van der Waals surface area (Å²) in [5.74, 6) is 0.875. The number of nitrogens with zero attached hydrogens (tertiary/aromatic N) is 4. The molecule has 2 aromatic heterocycles.